The van der Waals surface area contributed by atoms with Crippen LogP contribution in [0.25, 0.3) is 0 Å². The second-order valence-corrected chi connectivity index (χ2v) is 5.35. The first-order valence-electron chi connectivity index (χ1n) is 6.49. The Hall–Kier alpha value is -1.38. The van der Waals surface area contributed by atoms with Gasteiger partial charge in [0.1, 0.15) is 5.75 Å². The van der Waals surface area contributed by atoms with Crippen molar-refractivity contribution in [2.45, 2.75) is 19.4 Å². The van der Waals surface area contributed by atoms with E-state index in [4.69, 9.17) is 27.9 Å². The molecule has 2 rings (SSSR count). The van der Waals surface area contributed by atoms with E-state index in [0.717, 1.165) is 22.7 Å². The van der Waals surface area contributed by atoms with Crippen LogP contribution in [0.1, 0.15) is 24.9 Å². The second-order valence-electron chi connectivity index (χ2n) is 4.51. The Balaban J connectivity index is 2.22. The fourth-order valence-electron chi connectivity index (χ4n) is 2.10. The van der Waals surface area contributed by atoms with E-state index in [9.17, 15) is 0 Å². The molecule has 2 aromatic rings. The second kappa shape index (κ2) is 6.87. The number of nitrogens with one attached hydrogen (secondary N) is 1. The molecule has 0 aliphatic heterocycles. The van der Waals surface area contributed by atoms with E-state index in [1.54, 1.807) is 7.11 Å². The zero-order valence-electron chi connectivity index (χ0n) is 11.5. The summed E-state index contributed by atoms with van der Waals surface area (Å²) in [6.45, 7) is 2.13. The lowest BCUT2D eigenvalue weighted by molar-refractivity contribution is 0.415. The molecule has 0 saturated heterocycles. The molecular weight excluding hydrogens is 293 g/mol. The van der Waals surface area contributed by atoms with Crippen LogP contribution in [0.5, 0.6) is 5.75 Å². The summed E-state index contributed by atoms with van der Waals surface area (Å²) in [6.07, 6.45) is 0.950. The van der Waals surface area contributed by atoms with Gasteiger partial charge in [0, 0.05) is 16.8 Å². The van der Waals surface area contributed by atoms with Gasteiger partial charge < -0.3 is 10.1 Å². The highest BCUT2D eigenvalue weighted by molar-refractivity contribution is 6.32. The average molecular weight is 310 g/mol. The lowest BCUT2D eigenvalue weighted by Gasteiger charge is -2.19. The summed E-state index contributed by atoms with van der Waals surface area (Å²) in [5, 5.41) is 4.83. The van der Waals surface area contributed by atoms with Crippen molar-refractivity contribution in [3.63, 3.8) is 0 Å². The number of halogens is 2. The molecule has 0 aliphatic carbocycles. The number of hydrogen-bond donors (Lipinski definition) is 1. The van der Waals surface area contributed by atoms with E-state index in [1.807, 2.05) is 36.4 Å². The van der Waals surface area contributed by atoms with Crippen LogP contribution in [0.15, 0.2) is 42.5 Å². The molecule has 0 aromatic heterocycles. The van der Waals surface area contributed by atoms with E-state index >= 15 is 0 Å². The summed E-state index contributed by atoms with van der Waals surface area (Å²) in [5.74, 6) is 0.664. The minimum absolute atomic E-state index is 0.194. The molecule has 4 heteroatoms. The maximum absolute atomic E-state index is 6.05. The van der Waals surface area contributed by atoms with Crippen LogP contribution >= 0.6 is 23.2 Å². The first kappa shape index (κ1) is 15.0. The number of methoxy groups -OCH3 is 1. The Morgan fingerprint density at radius 1 is 1.15 bits per heavy atom. The summed E-state index contributed by atoms with van der Waals surface area (Å²) >= 11 is 12.1. The summed E-state index contributed by atoms with van der Waals surface area (Å²) in [7, 11) is 1.61. The molecule has 0 spiro atoms. The van der Waals surface area contributed by atoms with E-state index < -0.39 is 0 Å². The van der Waals surface area contributed by atoms with Gasteiger partial charge in [-0.1, -0.05) is 42.3 Å². The van der Waals surface area contributed by atoms with Crippen molar-refractivity contribution in [3.05, 3.63) is 58.1 Å². The third-order valence-electron chi connectivity index (χ3n) is 3.15. The minimum Gasteiger partial charge on any atom is -0.495 e. The molecule has 0 fully saturated rings. The van der Waals surface area contributed by atoms with Gasteiger partial charge in [0.15, 0.2) is 0 Å². The van der Waals surface area contributed by atoms with E-state index in [2.05, 4.69) is 18.3 Å². The molecule has 1 atom stereocenters. The Kier molecular flexibility index (Phi) is 5.16. The van der Waals surface area contributed by atoms with Gasteiger partial charge in [-0.05, 0) is 36.2 Å². The lowest BCUT2D eigenvalue weighted by Crippen LogP contribution is -2.09. The maximum atomic E-state index is 6.05. The Labute approximate surface area is 129 Å². The largest absolute Gasteiger partial charge is 0.495 e. The van der Waals surface area contributed by atoms with Crippen molar-refractivity contribution in [1.29, 1.82) is 0 Å². The van der Waals surface area contributed by atoms with Crippen molar-refractivity contribution in [1.82, 2.24) is 0 Å². The smallest absolute Gasteiger partial charge is 0.139 e. The predicted molar refractivity (Wildman–Crippen MR) is 86.1 cm³/mol. The molecule has 2 aromatic carbocycles. The van der Waals surface area contributed by atoms with Gasteiger partial charge in [-0.15, -0.1) is 0 Å². The Morgan fingerprint density at radius 3 is 2.60 bits per heavy atom. The third kappa shape index (κ3) is 3.59. The van der Waals surface area contributed by atoms with Crippen molar-refractivity contribution in [2.75, 3.05) is 12.4 Å². The highest BCUT2D eigenvalue weighted by Gasteiger charge is 2.10. The first-order valence-corrected chi connectivity index (χ1v) is 7.25. The topological polar surface area (TPSA) is 21.3 Å². The van der Waals surface area contributed by atoms with Gasteiger partial charge in [-0.3, -0.25) is 0 Å². The van der Waals surface area contributed by atoms with Crippen LogP contribution in [0.2, 0.25) is 10.0 Å². The average Bonchev–Trinajstić information content (AvgIpc) is 2.46. The van der Waals surface area contributed by atoms with E-state index in [1.165, 1.54) is 0 Å². The van der Waals surface area contributed by atoms with Gasteiger partial charge in [-0.25, -0.2) is 0 Å². The molecule has 0 radical (unpaired) electrons. The summed E-state index contributed by atoms with van der Waals surface area (Å²) in [5.41, 5.74) is 2.13. The van der Waals surface area contributed by atoms with Crippen LogP contribution < -0.4 is 10.1 Å². The van der Waals surface area contributed by atoms with Crippen molar-refractivity contribution in [3.8, 4) is 5.75 Å². The molecule has 0 amide bonds. The van der Waals surface area contributed by atoms with Gasteiger partial charge >= 0.3 is 0 Å². The van der Waals surface area contributed by atoms with Crippen molar-refractivity contribution < 1.29 is 4.74 Å². The SMILES string of the molecule is CCC(Nc1ccc(Cl)c(OC)c1)c1cccc(Cl)c1. The number of anilines is 1. The van der Waals surface area contributed by atoms with Crippen LogP contribution in [0.4, 0.5) is 5.69 Å². The van der Waals surface area contributed by atoms with Gasteiger partial charge in [-0.2, -0.15) is 0 Å². The molecule has 0 saturated carbocycles. The molecule has 0 heterocycles. The zero-order valence-corrected chi connectivity index (χ0v) is 13.0. The Morgan fingerprint density at radius 2 is 1.95 bits per heavy atom. The quantitative estimate of drug-likeness (QED) is 0.780. The first-order chi connectivity index (χ1) is 9.63. The summed E-state index contributed by atoms with van der Waals surface area (Å²) in [6, 6.07) is 13.8. The molecule has 0 bridgehead atoms. The van der Waals surface area contributed by atoms with Gasteiger partial charge in [0.05, 0.1) is 18.2 Å². The monoisotopic (exact) mass is 309 g/mol. The number of benzene rings is 2. The van der Waals surface area contributed by atoms with E-state index in [-0.39, 0.29) is 6.04 Å². The molecule has 1 unspecified atom stereocenters. The lowest BCUT2D eigenvalue weighted by atomic mass is 10.0. The summed E-state index contributed by atoms with van der Waals surface area (Å²) in [4.78, 5) is 0. The van der Waals surface area contributed by atoms with Crippen LogP contribution in [-0.4, -0.2) is 7.11 Å². The minimum atomic E-state index is 0.194. The fraction of sp³-hybridized carbons (Fsp3) is 0.250. The standard InChI is InChI=1S/C16H17Cl2NO/c1-3-15(11-5-4-6-12(17)9-11)19-13-7-8-14(18)16(10-13)20-2/h4-10,15,19H,3H2,1-2H3. The zero-order chi connectivity index (χ0) is 14.5. The van der Waals surface area contributed by atoms with Crippen molar-refractivity contribution >= 4 is 28.9 Å². The molecular formula is C16H17Cl2NO. The maximum Gasteiger partial charge on any atom is 0.139 e. The highest BCUT2D eigenvalue weighted by Crippen LogP contribution is 2.30. The molecule has 106 valence electrons. The summed E-state index contributed by atoms with van der Waals surface area (Å²) < 4.78 is 5.23. The third-order valence-corrected chi connectivity index (χ3v) is 3.70. The van der Waals surface area contributed by atoms with Crippen LogP contribution in [-0.2, 0) is 0 Å². The number of rotatable bonds is 5. The van der Waals surface area contributed by atoms with Crippen LogP contribution in [0, 0.1) is 0 Å². The number of ether oxygens (including phenoxy) is 1. The molecule has 1 N–H and O–H groups in total. The molecule has 0 aliphatic rings. The molecule has 2 nitrogen and oxygen atoms in total. The number of hydrogen-bond acceptors (Lipinski definition) is 2. The van der Waals surface area contributed by atoms with E-state index in [0.29, 0.717) is 10.8 Å². The van der Waals surface area contributed by atoms with Crippen LogP contribution in [0.3, 0.4) is 0 Å². The molecule has 20 heavy (non-hydrogen) atoms. The fourth-order valence-corrected chi connectivity index (χ4v) is 2.49. The normalized spacial score (nSPS) is 12.0. The van der Waals surface area contributed by atoms with Crippen molar-refractivity contribution in [2.24, 2.45) is 0 Å². The predicted octanol–water partition coefficient (Wildman–Crippen LogP) is 5.57. The van der Waals surface area contributed by atoms with Gasteiger partial charge in [0.25, 0.3) is 0 Å². The highest BCUT2D eigenvalue weighted by atomic mass is 35.5. The van der Waals surface area contributed by atoms with Gasteiger partial charge in [0.2, 0.25) is 0 Å². The Bertz CT molecular complexity index is 586.